The number of hydrogen-bond donors (Lipinski definition) is 0. The monoisotopic (exact) mass is 288 g/mol. The van der Waals surface area contributed by atoms with E-state index in [-0.39, 0.29) is 0 Å². The second-order valence-corrected chi connectivity index (χ2v) is 5.78. The van der Waals surface area contributed by atoms with Crippen molar-refractivity contribution < 1.29 is 4.74 Å². The molecule has 0 aromatic carbocycles. The predicted octanol–water partition coefficient (Wildman–Crippen LogP) is 0.688. The van der Waals surface area contributed by atoms with Crippen molar-refractivity contribution >= 4 is 0 Å². The van der Waals surface area contributed by atoms with Crippen molar-refractivity contribution in [2.24, 2.45) is 0 Å². The molecule has 4 heterocycles. The summed E-state index contributed by atoms with van der Waals surface area (Å²) in [7, 11) is 0. The molecule has 2 aliphatic rings. The Morgan fingerprint density at radius 1 is 1.38 bits per heavy atom. The van der Waals surface area contributed by atoms with Crippen LogP contribution in [0.5, 0.6) is 0 Å². The zero-order valence-electron chi connectivity index (χ0n) is 12.2. The van der Waals surface area contributed by atoms with Gasteiger partial charge in [0.1, 0.15) is 18.5 Å². The maximum atomic E-state index is 5.53. The minimum atomic E-state index is 0.343. The maximum absolute atomic E-state index is 5.53. The molecule has 1 fully saturated rings. The Bertz CT molecular complexity index is 601. The van der Waals surface area contributed by atoms with Gasteiger partial charge in [-0.15, -0.1) is 0 Å². The first kappa shape index (κ1) is 13.0. The Morgan fingerprint density at radius 2 is 2.33 bits per heavy atom. The van der Waals surface area contributed by atoms with Crippen molar-refractivity contribution in [1.29, 1.82) is 0 Å². The van der Waals surface area contributed by atoms with Crippen LogP contribution in [-0.2, 0) is 17.8 Å². The smallest absolute Gasteiger partial charge is 0.137 e. The van der Waals surface area contributed by atoms with E-state index in [0.29, 0.717) is 12.1 Å². The van der Waals surface area contributed by atoms with Crippen molar-refractivity contribution in [2.45, 2.75) is 38.5 Å². The highest BCUT2D eigenvalue weighted by Crippen LogP contribution is 2.29. The fraction of sp³-hybridized carbons (Fsp3) is 0.643. The third kappa shape index (κ3) is 2.26. The lowest BCUT2D eigenvalue weighted by Gasteiger charge is -2.37. The maximum Gasteiger partial charge on any atom is 0.137 e. The third-order valence-corrected chi connectivity index (χ3v) is 4.59. The SMILES string of the molecule is C[C@H]1c2ncc(Cn3cncn3)n2CCN1[C@@H]1CCOC1. The Morgan fingerprint density at radius 3 is 3.10 bits per heavy atom. The fourth-order valence-electron chi connectivity index (χ4n) is 3.47. The molecule has 7 nitrogen and oxygen atoms in total. The van der Waals surface area contributed by atoms with Crippen LogP contribution in [0.2, 0.25) is 0 Å². The number of nitrogens with zero attached hydrogens (tertiary/aromatic N) is 6. The van der Waals surface area contributed by atoms with Crippen molar-refractivity contribution in [3.63, 3.8) is 0 Å². The Labute approximate surface area is 123 Å². The summed E-state index contributed by atoms with van der Waals surface area (Å²) in [5.74, 6) is 1.16. The molecule has 0 amide bonds. The fourth-order valence-corrected chi connectivity index (χ4v) is 3.47. The lowest BCUT2D eigenvalue weighted by molar-refractivity contribution is 0.0897. The van der Waals surface area contributed by atoms with Crippen molar-refractivity contribution in [3.8, 4) is 0 Å². The molecule has 21 heavy (non-hydrogen) atoms. The number of rotatable bonds is 3. The first-order valence-corrected chi connectivity index (χ1v) is 7.53. The Kier molecular flexibility index (Phi) is 3.23. The zero-order chi connectivity index (χ0) is 14.2. The van der Waals surface area contributed by atoms with E-state index in [4.69, 9.17) is 4.74 Å². The molecule has 0 radical (unpaired) electrons. The summed E-state index contributed by atoms with van der Waals surface area (Å²) in [5.41, 5.74) is 1.20. The van der Waals surface area contributed by atoms with E-state index in [0.717, 1.165) is 45.1 Å². The van der Waals surface area contributed by atoms with Crippen LogP contribution in [0.1, 0.15) is 30.9 Å². The van der Waals surface area contributed by atoms with Crippen molar-refractivity contribution in [1.82, 2.24) is 29.2 Å². The molecule has 0 N–H and O–H groups in total. The van der Waals surface area contributed by atoms with Crippen LogP contribution in [0.25, 0.3) is 0 Å². The molecule has 1 saturated heterocycles. The topological polar surface area (TPSA) is 61.0 Å². The molecular weight excluding hydrogens is 268 g/mol. The van der Waals surface area contributed by atoms with Gasteiger partial charge in [-0.1, -0.05) is 0 Å². The van der Waals surface area contributed by atoms with Crippen LogP contribution in [0.3, 0.4) is 0 Å². The zero-order valence-corrected chi connectivity index (χ0v) is 12.2. The summed E-state index contributed by atoms with van der Waals surface area (Å²) in [6.45, 7) is 6.77. The highest BCUT2D eigenvalue weighted by Gasteiger charge is 2.33. The first-order chi connectivity index (χ1) is 10.3. The minimum Gasteiger partial charge on any atom is -0.380 e. The average Bonchev–Trinajstić information content (AvgIpc) is 3.21. The van der Waals surface area contributed by atoms with E-state index in [2.05, 4.69) is 31.5 Å². The average molecular weight is 288 g/mol. The van der Waals surface area contributed by atoms with Gasteiger partial charge in [0.25, 0.3) is 0 Å². The van der Waals surface area contributed by atoms with E-state index in [1.54, 1.807) is 12.7 Å². The molecule has 2 aromatic heterocycles. The summed E-state index contributed by atoms with van der Waals surface area (Å²) in [6.07, 6.45) is 6.42. The van der Waals surface area contributed by atoms with Crippen molar-refractivity contribution in [3.05, 3.63) is 30.4 Å². The second-order valence-electron chi connectivity index (χ2n) is 5.78. The number of hydrogen-bond acceptors (Lipinski definition) is 5. The Balaban J connectivity index is 1.56. The lowest BCUT2D eigenvalue weighted by Crippen LogP contribution is -2.44. The van der Waals surface area contributed by atoms with Gasteiger partial charge >= 0.3 is 0 Å². The lowest BCUT2D eigenvalue weighted by atomic mass is 10.1. The molecule has 112 valence electrons. The summed E-state index contributed by atoms with van der Waals surface area (Å²) in [6, 6.07) is 0.888. The van der Waals surface area contributed by atoms with E-state index in [9.17, 15) is 0 Å². The van der Waals surface area contributed by atoms with Gasteiger partial charge in [-0.05, 0) is 13.3 Å². The third-order valence-electron chi connectivity index (χ3n) is 4.59. The number of fused-ring (bicyclic) bond motifs is 1. The van der Waals surface area contributed by atoms with Gasteiger partial charge in [0.15, 0.2) is 0 Å². The molecule has 0 spiro atoms. The van der Waals surface area contributed by atoms with E-state index >= 15 is 0 Å². The molecular formula is C14H20N6O. The normalized spacial score (nSPS) is 26.1. The van der Waals surface area contributed by atoms with Gasteiger partial charge in [0, 0.05) is 25.7 Å². The summed E-state index contributed by atoms with van der Waals surface area (Å²) in [4.78, 5) is 11.2. The summed E-state index contributed by atoms with van der Waals surface area (Å²) >= 11 is 0. The highest BCUT2D eigenvalue weighted by atomic mass is 16.5. The molecule has 0 bridgehead atoms. The number of aromatic nitrogens is 5. The van der Waals surface area contributed by atoms with Crippen LogP contribution < -0.4 is 0 Å². The Hall–Kier alpha value is -1.73. The van der Waals surface area contributed by atoms with Crippen LogP contribution in [0.4, 0.5) is 0 Å². The summed E-state index contributed by atoms with van der Waals surface area (Å²) < 4.78 is 9.71. The standard InChI is InChI=1S/C14H20N6O/c1-11-14-16-6-13(7-18-10-15-9-17-18)20(14)4-3-19(11)12-2-5-21-8-12/h6,9-12H,2-5,7-8H2,1H3/t11-,12+/m0/s1. The van der Waals surface area contributed by atoms with Gasteiger partial charge in [0.05, 0.1) is 31.1 Å². The second kappa shape index (κ2) is 5.23. The molecule has 0 unspecified atom stereocenters. The van der Waals surface area contributed by atoms with E-state index in [1.807, 2.05) is 10.9 Å². The van der Waals surface area contributed by atoms with Crippen LogP contribution >= 0.6 is 0 Å². The molecule has 2 aliphatic heterocycles. The van der Waals surface area contributed by atoms with E-state index < -0.39 is 0 Å². The minimum absolute atomic E-state index is 0.343. The molecule has 4 rings (SSSR count). The first-order valence-electron chi connectivity index (χ1n) is 7.53. The number of ether oxygens (including phenoxy) is 1. The van der Waals surface area contributed by atoms with Gasteiger partial charge < -0.3 is 9.30 Å². The van der Waals surface area contributed by atoms with Crippen LogP contribution in [-0.4, -0.2) is 55.0 Å². The van der Waals surface area contributed by atoms with Crippen LogP contribution in [0, 0.1) is 0 Å². The van der Waals surface area contributed by atoms with Crippen molar-refractivity contribution in [2.75, 3.05) is 19.8 Å². The van der Waals surface area contributed by atoms with Gasteiger partial charge in [-0.3, -0.25) is 4.90 Å². The molecule has 7 heteroatoms. The van der Waals surface area contributed by atoms with Crippen LogP contribution in [0.15, 0.2) is 18.9 Å². The molecule has 0 saturated carbocycles. The predicted molar refractivity (Wildman–Crippen MR) is 75.7 cm³/mol. The quantitative estimate of drug-likeness (QED) is 0.831. The molecule has 2 atom stereocenters. The van der Waals surface area contributed by atoms with Gasteiger partial charge in [-0.2, -0.15) is 5.10 Å². The van der Waals surface area contributed by atoms with Gasteiger partial charge in [-0.25, -0.2) is 14.6 Å². The number of imidazole rings is 1. The van der Waals surface area contributed by atoms with E-state index in [1.165, 1.54) is 5.69 Å². The highest BCUT2D eigenvalue weighted by molar-refractivity contribution is 5.12. The molecule has 0 aliphatic carbocycles. The largest absolute Gasteiger partial charge is 0.380 e. The van der Waals surface area contributed by atoms with Gasteiger partial charge in [0.2, 0.25) is 0 Å². The molecule has 2 aromatic rings. The summed E-state index contributed by atoms with van der Waals surface area (Å²) in [5, 5.41) is 4.17.